The van der Waals surface area contributed by atoms with Crippen molar-refractivity contribution in [2.45, 2.75) is 26.7 Å². The number of aryl methyl sites for hydroxylation is 2. The number of H-pyrrole nitrogens is 1. The van der Waals surface area contributed by atoms with Gasteiger partial charge in [0.15, 0.2) is 5.69 Å². The van der Waals surface area contributed by atoms with E-state index >= 15 is 0 Å². The summed E-state index contributed by atoms with van der Waals surface area (Å²) in [7, 11) is 0. The molecule has 0 spiro atoms. The van der Waals surface area contributed by atoms with Crippen LogP contribution in [-0.2, 0) is 6.42 Å². The molecule has 1 heterocycles. The van der Waals surface area contributed by atoms with Crippen molar-refractivity contribution in [3.8, 4) is 0 Å². The van der Waals surface area contributed by atoms with Gasteiger partial charge in [-0.1, -0.05) is 19.4 Å². The molecule has 0 radical (unpaired) electrons. The van der Waals surface area contributed by atoms with E-state index in [1.54, 1.807) is 25.1 Å². The molecule has 0 saturated carbocycles. The SMILES string of the molecule is CCCc1cc(C(=O)Nc2ccc(C)c(F)c2)n[nH]1. The third kappa shape index (κ3) is 3.19. The van der Waals surface area contributed by atoms with Crippen LogP contribution in [0.15, 0.2) is 24.3 Å². The first-order valence-electron chi connectivity index (χ1n) is 6.22. The smallest absolute Gasteiger partial charge is 0.276 e. The van der Waals surface area contributed by atoms with Crippen molar-refractivity contribution in [1.29, 1.82) is 0 Å². The lowest BCUT2D eigenvalue weighted by molar-refractivity contribution is 0.102. The Hall–Kier alpha value is -2.17. The molecule has 2 rings (SSSR count). The second-order valence-electron chi connectivity index (χ2n) is 4.45. The van der Waals surface area contributed by atoms with Crippen molar-refractivity contribution in [2.24, 2.45) is 0 Å². The number of anilines is 1. The second-order valence-corrected chi connectivity index (χ2v) is 4.45. The van der Waals surface area contributed by atoms with Crippen LogP contribution < -0.4 is 5.32 Å². The van der Waals surface area contributed by atoms with Gasteiger partial charge in [0.05, 0.1) is 0 Å². The predicted octanol–water partition coefficient (Wildman–Crippen LogP) is 3.06. The standard InChI is InChI=1S/C14H16FN3O/c1-3-4-11-8-13(18-17-11)14(19)16-10-6-5-9(2)12(15)7-10/h5-8H,3-4H2,1-2H3,(H,16,19)(H,17,18). The number of carbonyl (C=O) groups excluding carboxylic acids is 1. The minimum Gasteiger partial charge on any atom is -0.320 e. The van der Waals surface area contributed by atoms with E-state index in [0.29, 0.717) is 16.9 Å². The second kappa shape index (κ2) is 5.65. The third-order valence-corrected chi connectivity index (χ3v) is 2.81. The number of aromatic nitrogens is 2. The summed E-state index contributed by atoms with van der Waals surface area (Å²) in [5.74, 6) is -0.687. The molecule has 1 amide bonds. The predicted molar refractivity (Wildman–Crippen MR) is 71.7 cm³/mol. The van der Waals surface area contributed by atoms with Crippen LogP contribution in [0.1, 0.15) is 35.1 Å². The molecule has 0 aliphatic carbocycles. The molecule has 0 fully saturated rings. The number of amides is 1. The molecule has 19 heavy (non-hydrogen) atoms. The molecular formula is C14H16FN3O. The number of nitrogens with zero attached hydrogens (tertiary/aromatic N) is 1. The van der Waals surface area contributed by atoms with E-state index in [4.69, 9.17) is 0 Å². The molecule has 0 bridgehead atoms. The fraction of sp³-hybridized carbons (Fsp3) is 0.286. The first kappa shape index (κ1) is 13.3. The number of hydrogen-bond acceptors (Lipinski definition) is 2. The minimum atomic E-state index is -0.346. The summed E-state index contributed by atoms with van der Waals surface area (Å²) in [6.07, 6.45) is 1.83. The normalized spacial score (nSPS) is 10.5. The number of rotatable bonds is 4. The maximum Gasteiger partial charge on any atom is 0.276 e. The van der Waals surface area contributed by atoms with Gasteiger partial charge in [-0.05, 0) is 37.1 Å². The van der Waals surface area contributed by atoms with Gasteiger partial charge in [0.25, 0.3) is 5.91 Å². The van der Waals surface area contributed by atoms with Gasteiger partial charge >= 0.3 is 0 Å². The van der Waals surface area contributed by atoms with Gasteiger partial charge < -0.3 is 5.32 Å². The van der Waals surface area contributed by atoms with Crippen molar-refractivity contribution < 1.29 is 9.18 Å². The highest BCUT2D eigenvalue weighted by Crippen LogP contribution is 2.14. The maximum absolute atomic E-state index is 13.4. The van der Waals surface area contributed by atoms with Crippen LogP contribution in [-0.4, -0.2) is 16.1 Å². The molecule has 1 aromatic heterocycles. The van der Waals surface area contributed by atoms with Crippen LogP contribution in [0, 0.1) is 12.7 Å². The largest absolute Gasteiger partial charge is 0.320 e. The van der Waals surface area contributed by atoms with Crippen LogP contribution in [0.25, 0.3) is 0 Å². The lowest BCUT2D eigenvalue weighted by Crippen LogP contribution is -2.12. The number of nitrogens with one attached hydrogen (secondary N) is 2. The molecule has 0 unspecified atom stereocenters. The van der Waals surface area contributed by atoms with Gasteiger partial charge in [0.1, 0.15) is 5.82 Å². The molecule has 0 saturated heterocycles. The Kier molecular flexibility index (Phi) is 3.94. The van der Waals surface area contributed by atoms with Crippen LogP contribution in [0.2, 0.25) is 0 Å². The summed E-state index contributed by atoms with van der Waals surface area (Å²) in [5.41, 5.74) is 2.20. The lowest BCUT2D eigenvalue weighted by Gasteiger charge is -2.04. The molecule has 0 aliphatic heterocycles. The minimum absolute atomic E-state index is 0.310. The Labute approximate surface area is 111 Å². The van der Waals surface area contributed by atoms with Crippen LogP contribution in [0.5, 0.6) is 0 Å². The molecule has 1 aromatic carbocycles. The van der Waals surface area contributed by atoms with E-state index in [-0.39, 0.29) is 11.7 Å². The topological polar surface area (TPSA) is 57.8 Å². The number of hydrogen-bond donors (Lipinski definition) is 2. The Morgan fingerprint density at radius 1 is 1.42 bits per heavy atom. The molecule has 0 atom stereocenters. The zero-order valence-electron chi connectivity index (χ0n) is 11.0. The van der Waals surface area contributed by atoms with Gasteiger partial charge in [-0.25, -0.2) is 4.39 Å². The fourth-order valence-electron chi connectivity index (χ4n) is 1.74. The molecule has 0 aliphatic rings. The van der Waals surface area contributed by atoms with E-state index in [0.717, 1.165) is 18.5 Å². The van der Waals surface area contributed by atoms with E-state index in [2.05, 4.69) is 22.4 Å². The van der Waals surface area contributed by atoms with E-state index in [1.807, 2.05) is 0 Å². The highest BCUT2D eigenvalue weighted by Gasteiger charge is 2.11. The highest BCUT2D eigenvalue weighted by atomic mass is 19.1. The van der Waals surface area contributed by atoms with Gasteiger partial charge in [-0.3, -0.25) is 9.89 Å². The van der Waals surface area contributed by atoms with Crippen LogP contribution in [0.3, 0.4) is 0 Å². The molecule has 100 valence electrons. The molecule has 2 N–H and O–H groups in total. The van der Waals surface area contributed by atoms with Gasteiger partial charge in [-0.2, -0.15) is 5.10 Å². The Balaban J connectivity index is 2.09. The number of halogens is 1. The quantitative estimate of drug-likeness (QED) is 0.888. The first-order chi connectivity index (χ1) is 9.10. The summed E-state index contributed by atoms with van der Waals surface area (Å²) in [4.78, 5) is 11.9. The van der Waals surface area contributed by atoms with Crippen molar-refractivity contribution in [2.75, 3.05) is 5.32 Å². The van der Waals surface area contributed by atoms with Crippen LogP contribution >= 0.6 is 0 Å². The number of aromatic amines is 1. The average Bonchev–Trinajstić information content (AvgIpc) is 2.83. The highest BCUT2D eigenvalue weighted by molar-refractivity contribution is 6.02. The Bertz CT molecular complexity index is 592. The summed E-state index contributed by atoms with van der Waals surface area (Å²) in [5, 5.41) is 9.37. The van der Waals surface area contributed by atoms with E-state index in [9.17, 15) is 9.18 Å². The summed E-state index contributed by atoms with van der Waals surface area (Å²) in [6.45, 7) is 3.72. The van der Waals surface area contributed by atoms with Gasteiger partial charge in [-0.15, -0.1) is 0 Å². The zero-order chi connectivity index (χ0) is 13.8. The van der Waals surface area contributed by atoms with Crippen molar-refractivity contribution in [3.05, 3.63) is 47.0 Å². The third-order valence-electron chi connectivity index (χ3n) is 2.81. The van der Waals surface area contributed by atoms with E-state index < -0.39 is 0 Å². The summed E-state index contributed by atoms with van der Waals surface area (Å²) >= 11 is 0. The van der Waals surface area contributed by atoms with Crippen molar-refractivity contribution >= 4 is 11.6 Å². The zero-order valence-corrected chi connectivity index (χ0v) is 11.0. The Morgan fingerprint density at radius 3 is 2.89 bits per heavy atom. The van der Waals surface area contributed by atoms with Crippen molar-refractivity contribution in [3.63, 3.8) is 0 Å². The summed E-state index contributed by atoms with van der Waals surface area (Å²) in [6, 6.07) is 6.30. The molecule has 4 nitrogen and oxygen atoms in total. The van der Waals surface area contributed by atoms with E-state index in [1.165, 1.54) is 6.07 Å². The molecule has 5 heteroatoms. The molecule has 2 aromatic rings. The average molecular weight is 261 g/mol. The summed E-state index contributed by atoms with van der Waals surface area (Å²) < 4.78 is 13.4. The molecular weight excluding hydrogens is 245 g/mol. The van der Waals surface area contributed by atoms with Gasteiger partial charge in [0, 0.05) is 11.4 Å². The fourth-order valence-corrected chi connectivity index (χ4v) is 1.74. The maximum atomic E-state index is 13.4. The van der Waals surface area contributed by atoms with Gasteiger partial charge in [0.2, 0.25) is 0 Å². The number of carbonyl (C=O) groups is 1. The van der Waals surface area contributed by atoms with Crippen LogP contribution in [0.4, 0.5) is 10.1 Å². The number of benzene rings is 1. The van der Waals surface area contributed by atoms with Crippen molar-refractivity contribution in [1.82, 2.24) is 10.2 Å². The monoisotopic (exact) mass is 261 g/mol. The first-order valence-corrected chi connectivity index (χ1v) is 6.22. The lowest BCUT2D eigenvalue weighted by atomic mass is 10.2. The Morgan fingerprint density at radius 2 is 2.21 bits per heavy atom.